The van der Waals surface area contributed by atoms with Gasteiger partial charge in [-0.25, -0.2) is 9.97 Å². The molecule has 140 valence electrons. The van der Waals surface area contributed by atoms with Crippen LogP contribution in [0, 0.1) is 5.92 Å². The molecule has 0 radical (unpaired) electrons. The lowest BCUT2D eigenvalue weighted by molar-refractivity contribution is 0.437. The first-order valence-corrected chi connectivity index (χ1v) is 9.79. The van der Waals surface area contributed by atoms with Crippen molar-refractivity contribution in [3.05, 3.63) is 48.8 Å². The van der Waals surface area contributed by atoms with E-state index >= 15 is 0 Å². The van der Waals surface area contributed by atoms with E-state index in [1.165, 1.54) is 23.6 Å². The van der Waals surface area contributed by atoms with Gasteiger partial charge in [0.1, 0.15) is 12.0 Å². The lowest BCUT2D eigenvalue weighted by atomic mass is 9.99. The number of hydrogen-bond donors (Lipinski definition) is 1. The topological polar surface area (TPSA) is 58.3 Å². The zero-order valence-corrected chi connectivity index (χ0v) is 16.1. The summed E-state index contributed by atoms with van der Waals surface area (Å²) in [6.45, 7) is 7.23. The van der Waals surface area contributed by atoms with Crippen molar-refractivity contribution in [2.45, 2.75) is 26.7 Å². The van der Waals surface area contributed by atoms with Crippen LogP contribution in [0.4, 0.5) is 23.0 Å². The van der Waals surface area contributed by atoms with Gasteiger partial charge in [0, 0.05) is 25.0 Å². The lowest BCUT2D eigenvalue weighted by Gasteiger charge is -2.33. The minimum Gasteiger partial charge on any atom is -0.393 e. The van der Waals surface area contributed by atoms with Crippen LogP contribution in [-0.4, -0.2) is 29.6 Å². The summed E-state index contributed by atoms with van der Waals surface area (Å²) in [5.41, 5.74) is 8.39. The van der Waals surface area contributed by atoms with Crippen LogP contribution in [0.25, 0.3) is 10.8 Å². The van der Waals surface area contributed by atoms with Gasteiger partial charge in [0.05, 0.1) is 5.69 Å². The molecule has 2 heterocycles. The van der Waals surface area contributed by atoms with Crippen molar-refractivity contribution in [3.63, 3.8) is 0 Å². The summed E-state index contributed by atoms with van der Waals surface area (Å²) in [6.07, 6.45) is 4.01. The second-order valence-corrected chi connectivity index (χ2v) is 7.35. The maximum Gasteiger partial charge on any atom is 0.161 e. The zero-order valence-electron chi connectivity index (χ0n) is 16.1. The molecule has 2 aromatic carbocycles. The molecule has 0 amide bonds. The Kier molecular flexibility index (Phi) is 4.84. The molecular formula is C22H27N5. The van der Waals surface area contributed by atoms with E-state index < -0.39 is 0 Å². The molecule has 1 aliphatic heterocycles. The molecule has 0 unspecified atom stereocenters. The predicted octanol–water partition coefficient (Wildman–Crippen LogP) is 4.61. The zero-order chi connectivity index (χ0) is 18.8. The summed E-state index contributed by atoms with van der Waals surface area (Å²) in [6, 6.07) is 14.8. The highest BCUT2D eigenvalue weighted by Gasteiger charge is 2.23. The Bertz CT molecular complexity index is 926. The van der Waals surface area contributed by atoms with Gasteiger partial charge in [0.25, 0.3) is 0 Å². The number of hydrogen-bond acceptors (Lipinski definition) is 5. The van der Waals surface area contributed by atoms with E-state index in [0.29, 0.717) is 5.69 Å². The van der Waals surface area contributed by atoms with Crippen molar-refractivity contribution in [1.29, 1.82) is 0 Å². The number of benzene rings is 2. The summed E-state index contributed by atoms with van der Waals surface area (Å²) in [5, 5.41) is 2.42. The Morgan fingerprint density at radius 1 is 1.07 bits per heavy atom. The fourth-order valence-electron chi connectivity index (χ4n) is 3.94. The Balaban J connectivity index is 1.76. The second-order valence-electron chi connectivity index (χ2n) is 7.35. The Morgan fingerprint density at radius 2 is 1.81 bits per heavy atom. The van der Waals surface area contributed by atoms with Crippen molar-refractivity contribution in [2.75, 3.05) is 35.2 Å². The Morgan fingerprint density at radius 3 is 2.59 bits per heavy atom. The molecule has 1 saturated heterocycles. The standard InChI is InChI=1S/C22H27N5/c1-3-27(19-10-6-8-17-7-4-5-9-18(17)19)22-20(23)21(24-15-25-22)26-13-11-16(2)12-14-26/h4-10,15-16H,3,11-14,23H2,1-2H3. The smallest absolute Gasteiger partial charge is 0.161 e. The molecule has 0 spiro atoms. The lowest BCUT2D eigenvalue weighted by Crippen LogP contribution is -2.34. The third-order valence-electron chi connectivity index (χ3n) is 5.55. The summed E-state index contributed by atoms with van der Waals surface area (Å²) in [4.78, 5) is 13.6. The summed E-state index contributed by atoms with van der Waals surface area (Å²) in [5.74, 6) is 2.43. The number of piperidine rings is 1. The van der Waals surface area contributed by atoms with Gasteiger partial charge in [-0.15, -0.1) is 0 Å². The van der Waals surface area contributed by atoms with Crippen molar-refractivity contribution in [1.82, 2.24) is 9.97 Å². The predicted molar refractivity (Wildman–Crippen MR) is 114 cm³/mol. The van der Waals surface area contributed by atoms with Crippen molar-refractivity contribution >= 4 is 33.8 Å². The van der Waals surface area contributed by atoms with Crippen molar-refractivity contribution in [2.24, 2.45) is 5.92 Å². The molecule has 4 rings (SSSR count). The van der Waals surface area contributed by atoms with Gasteiger partial charge in [0.2, 0.25) is 0 Å². The summed E-state index contributed by atoms with van der Waals surface area (Å²) >= 11 is 0. The number of anilines is 4. The largest absolute Gasteiger partial charge is 0.393 e. The van der Waals surface area contributed by atoms with E-state index in [9.17, 15) is 0 Å². The first-order chi connectivity index (χ1) is 13.2. The van der Waals surface area contributed by atoms with Gasteiger partial charge in [0.15, 0.2) is 11.6 Å². The number of nitrogens with zero attached hydrogens (tertiary/aromatic N) is 4. The average molecular weight is 361 g/mol. The van der Waals surface area contributed by atoms with Crippen LogP contribution in [0.1, 0.15) is 26.7 Å². The molecular weight excluding hydrogens is 334 g/mol. The molecule has 3 aromatic rings. The third kappa shape index (κ3) is 3.29. The molecule has 0 saturated carbocycles. The molecule has 0 atom stereocenters. The summed E-state index contributed by atoms with van der Waals surface area (Å²) in [7, 11) is 0. The number of nitrogens with two attached hydrogens (primary N) is 1. The molecule has 5 nitrogen and oxygen atoms in total. The number of fused-ring (bicyclic) bond motifs is 1. The second kappa shape index (κ2) is 7.43. The van der Waals surface area contributed by atoms with Crippen LogP contribution >= 0.6 is 0 Å². The fraction of sp³-hybridized carbons (Fsp3) is 0.364. The van der Waals surface area contributed by atoms with E-state index in [-0.39, 0.29) is 0 Å². The maximum atomic E-state index is 6.60. The SMILES string of the molecule is CCN(c1ncnc(N2CCC(C)CC2)c1N)c1cccc2ccccc12. The average Bonchev–Trinajstić information content (AvgIpc) is 2.71. The Labute approximate surface area is 160 Å². The van der Waals surface area contributed by atoms with Crippen LogP contribution in [0.15, 0.2) is 48.8 Å². The van der Waals surface area contributed by atoms with Crippen LogP contribution in [-0.2, 0) is 0 Å². The molecule has 0 bridgehead atoms. The van der Waals surface area contributed by atoms with E-state index in [0.717, 1.165) is 42.9 Å². The van der Waals surface area contributed by atoms with Gasteiger partial charge < -0.3 is 15.5 Å². The minimum atomic E-state index is 0.668. The van der Waals surface area contributed by atoms with Crippen LogP contribution < -0.4 is 15.5 Å². The number of aromatic nitrogens is 2. The van der Waals surface area contributed by atoms with Gasteiger partial charge in [-0.05, 0) is 37.1 Å². The Hall–Kier alpha value is -2.82. The van der Waals surface area contributed by atoms with Crippen LogP contribution in [0.5, 0.6) is 0 Å². The quantitative estimate of drug-likeness (QED) is 0.735. The molecule has 1 aromatic heterocycles. The van der Waals surface area contributed by atoms with E-state index in [4.69, 9.17) is 5.73 Å². The molecule has 0 aliphatic carbocycles. The first-order valence-electron chi connectivity index (χ1n) is 9.79. The third-order valence-corrected chi connectivity index (χ3v) is 5.55. The maximum absolute atomic E-state index is 6.60. The normalized spacial score (nSPS) is 15.3. The van der Waals surface area contributed by atoms with Crippen LogP contribution in [0.2, 0.25) is 0 Å². The summed E-state index contributed by atoms with van der Waals surface area (Å²) < 4.78 is 0. The minimum absolute atomic E-state index is 0.668. The van der Waals surface area contributed by atoms with Crippen molar-refractivity contribution < 1.29 is 0 Å². The molecule has 5 heteroatoms. The number of nitrogen functional groups attached to an aromatic ring is 1. The molecule has 27 heavy (non-hydrogen) atoms. The number of rotatable bonds is 4. The molecule has 2 N–H and O–H groups in total. The monoisotopic (exact) mass is 361 g/mol. The molecule has 1 fully saturated rings. The van der Waals surface area contributed by atoms with Gasteiger partial charge in [-0.2, -0.15) is 0 Å². The molecule has 1 aliphatic rings. The van der Waals surface area contributed by atoms with Gasteiger partial charge in [-0.3, -0.25) is 0 Å². The van der Waals surface area contributed by atoms with Crippen molar-refractivity contribution in [3.8, 4) is 0 Å². The van der Waals surface area contributed by atoms with Gasteiger partial charge >= 0.3 is 0 Å². The fourth-order valence-corrected chi connectivity index (χ4v) is 3.94. The highest BCUT2D eigenvalue weighted by Crippen LogP contribution is 2.37. The van der Waals surface area contributed by atoms with E-state index in [1.54, 1.807) is 6.33 Å². The first kappa shape index (κ1) is 17.6. The van der Waals surface area contributed by atoms with Gasteiger partial charge in [-0.1, -0.05) is 43.3 Å². The highest BCUT2D eigenvalue weighted by molar-refractivity contribution is 5.97. The van der Waals surface area contributed by atoms with E-state index in [1.807, 2.05) is 0 Å². The van der Waals surface area contributed by atoms with E-state index in [2.05, 4.69) is 76.1 Å². The highest BCUT2D eigenvalue weighted by atomic mass is 15.3. The van der Waals surface area contributed by atoms with Crippen LogP contribution in [0.3, 0.4) is 0 Å².